The number of aromatic nitrogens is 2. The maximum atomic E-state index is 12.5. The monoisotopic (exact) mass is 368 g/mol. The Labute approximate surface area is 150 Å². The molecule has 0 aliphatic heterocycles. The van der Waals surface area contributed by atoms with Crippen LogP contribution in [0.15, 0.2) is 24.4 Å². The molecule has 1 aromatic heterocycles. The highest BCUT2D eigenvalue weighted by Gasteiger charge is 2.22. The molecule has 0 bridgehead atoms. The van der Waals surface area contributed by atoms with Crippen LogP contribution < -0.4 is 10.1 Å². The van der Waals surface area contributed by atoms with Gasteiger partial charge in [0.25, 0.3) is 0 Å². The largest absolute Gasteiger partial charge is 0.427 e. The lowest BCUT2D eigenvalue weighted by atomic mass is 10.1. The summed E-state index contributed by atoms with van der Waals surface area (Å²) in [6.45, 7) is 6.74. The molecule has 26 heavy (non-hydrogen) atoms. The first-order valence-corrected chi connectivity index (χ1v) is 8.05. The molecule has 0 saturated carbocycles. The van der Waals surface area contributed by atoms with E-state index >= 15 is 0 Å². The quantitative estimate of drug-likeness (QED) is 0.594. The molecule has 0 aliphatic rings. The van der Waals surface area contributed by atoms with Crippen LogP contribution in [0.1, 0.15) is 45.0 Å². The lowest BCUT2D eigenvalue weighted by molar-refractivity contribution is -0.386. The van der Waals surface area contributed by atoms with Crippen molar-refractivity contribution in [1.29, 1.82) is 0 Å². The predicted octanol–water partition coefficient (Wildman–Crippen LogP) is 4.63. The van der Waals surface area contributed by atoms with Crippen molar-refractivity contribution in [2.45, 2.75) is 52.8 Å². The van der Waals surface area contributed by atoms with E-state index in [9.17, 15) is 18.9 Å². The van der Waals surface area contributed by atoms with Crippen molar-refractivity contribution in [3.05, 3.63) is 45.8 Å². The maximum absolute atomic E-state index is 12.5. The zero-order valence-corrected chi connectivity index (χ0v) is 15.3. The third-order valence-electron chi connectivity index (χ3n) is 3.85. The van der Waals surface area contributed by atoms with Crippen LogP contribution in [0.25, 0.3) is 0 Å². The van der Waals surface area contributed by atoms with Crippen LogP contribution in [0.4, 0.5) is 20.2 Å². The third-order valence-corrected chi connectivity index (χ3v) is 3.85. The predicted molar refractivity (Wildman–Crippen MR) is 93.7 cm³/mol. The summed E-state index contributed by atoms with van der Waals surface area (Å²) in [5, 5.41) is 18.6. The molecule has 0 amide bonds. The topological polar surface area (TPSA) is 82.2 Å². The van der Waals surface area contributed by atoms with Crippen LogP contribution in [-0.4, -0.2) is 21.3 Å². The van der Waals surface area contributed by atoms with E-state index in [1.807, 2.05) is 45.5 Å². The molecule has 7 nitrogen and oxygen atoms in total. The smallest absolute Gasteiger partial charge is 0.387 e. The molecule has 1 atom stereocenters. The standard InChI is InChI=1S/C17H22F2N4O3/c1-10(13-9-22(17(3,4)5)21-11(13)2)20-12-6-7-14(23(24)25)15(8-12)26-16(18)19/h6-10,16,20H,1-5H3. The van der Waals surface area contributed by atoms with Crippen LogP contribution in [0.2, 0.25) is 0 Å². The summed E-state index contributed by atoms with van der Waals surface area (Å²) in [5.74, 6) is -0.482. The average molecular weight is 368 g/mol. The first-order valence-electron chi connectivity index (χ1n) is 8.05. The summed E-state index contributed by atoms with van der Waals surface area (Å²) in [5.41, 5.74) is 1.52. The molecule has 142 valence electrons. The van der Waals surface area contributed by atoms with Crippen LogP contribution >= 0.6 is 0 Å². The Kier molecular flexibility index (Phi) is 5.48. The maximum Gasteiger partial charge on any atom is 0.387 e. The number of alkyl halides is 2. The number of rotatable bonds is 6. The summed E-state index contributed by atoms with van der Waals surface area (Å²) in [6, 6.07) is 3.60. The van der Waals surface area contributed by atoms with Gasteiger partial charge in [-0.3, -0.25) is 14.8 Å². The number of nitro benzene ring substituents is 1. The van der Waals surface area contributed by atoms with Crippen LogP contribution in [0.5, 0.6) is 5.75 Å². The molecular formula is C17H22F2N4O3. The Hall–Kier alpha value is -2.71. The van der Waals surface area contributed by atoms with E-state index in [0.29, 0.717) is 5.69 Å². The Morgan fingerprint density at radius 2 is 2.00 bits per heavy atom. The summed E-state index contributed by atoms with van der Waals surface area (Å²) in [7, 11) is 0. The third kappa shape index (κ3) is 4.47. The van der Waals surface area contributed by atoms with Gasteiger partial charge in [-0.05, 0) is 40.7 Å². The molecule has 0 fully saturated rings. The highest BCUT2D eigenvalue weighted by molar-refractivity contribution is 5.58. The fourth-order valence-corrected chi connectivity index (χ4v) is 2.52. The van der Waals surface area contributed by atoms with Crippen LogP contribution in [-0.2, 0) is 5.54 Å². The van der Waals surface area contributed by atoms with Gasteiger partial charge in [0.2, 0.25) is 5.75 Å². The van der Waals surface area contributed by atoms with E-state index in [0.717, 1.165) is 17.3 Å². The van der Waals surface area contributed by atoms with Crippen molar-refractivity contribution in [1.82, 2.24) is 9.78 Å². The van der Waals surface area contributed by atoms with E-state index in [2.05, 4.69) is 15.2 Å². The van der Waals surface area contributed by atoms with Crippen molar-refractivity contribution in [2.75, 3.05) is 5.32 Å². The van der Waals surface area contributed by atoms with Gasteiger partial charge in [0.1, 0.15) is 0 Å². The van der Waals surface area contributed by atoms with Gasteiger partial charge in [-0.25, -0.2) is 0 Å². The molecular weight excluding hydrogens is 346 g/mol. The zero-order valence-electron chi connectivity index (χ0n) is 15.3. The summed E-state index contributed by atoms with van der Waals surface area (Å²) < 4.78 is 31.2. The number of aryl methyl sites for hydroxylation is 1. The minimum atomic E-state index is -3.14. The zero-order chi connectivity index (χ0) is 19.6. The van der Waals surface area contributed by atoms with Gasteiger partial charge in [-0.2, -0.15) is 13.9 Å². The molecule has 1 heterocycles. The molecule has 0 saturated heterocycles. The molecule has 0 spiro atoms. The van der Waals surface area contributed by atoms with Gasteiger partial charge in [-0.1, -0.05) is 0 Å². The molecule has 2 rings (SSSR count). The van der Waals surface area contributed by atoms with E-state index in [1.165, 1.54) is 12.1 Å². The van der Waals surface area contributed by atoms with Gasteiger partial charge < -0.3 is 10.1 Å². The Morgan fingerprint density at radius 1 is 1.35 bits per heavy atom. The number of nitrogens with zero attached hydrogens (tertiary/aromatic N) is 3. The number of ether oxygens (including phenoxy) is 1. The fraction of sp³-hybridized carbons (Fsp3) is 0.471. The second-order valence-electron chi connectivity index (χ2n) is 6.97. The average Bonchev–Trinajstić information content (AvgIpc) is 2.88. The molecule has 9 heteroatoms. The number of nitrogens with one attached hydrogen (secondary N) is 1. The van der Waals surface area contributed by atoms with E-state index in [-0.39, 0.29) is 11.6 Å². The fourth-order valence-electron chi connectivity index (χ4n) is 2.52. The molecule has 1 N–H and O–H groups in total. The lowest BCUT2D eigenvalue weighted by Crippen LogP contribution is -2.22. The van der Waals surface area contributed by atoms with Crippen molar-refractivity contribution in [3.8, 4) is 5.75 Å². The summed E-state index contributed by atoms with van der Waals surface area (Å²) >= 11 is 0. The van der Waals surface area contributed by atoms with Crippen molar-refractivity contribution in [2.24, 2.45) is 0 Å². The van der Waals surface area contributed by atoms with E-state index in [1.54, 1.807) is 0 Å². The highest BCUT2D eigenvalue weighted by Crippen LogP contribution is 2.33. The SMILES string of the molecule is Cc1nn(C(C)(C)C)cc1C(C)Nc1ccc([N+](=O)[O-])c(OC(F)F)c1. The number of halogens is 2. The molecule has 0 radical (unpaired) electrons. The number of hydrogen-bond donors (Lipinski definition) is 1. The van der Waals surface area contributed by atoms with E-state index < -0.39 is 23.0 Å². The van der Waals surface area contributed by atoms with E-state index in [4.69, 9.17) is 0 Å². The lowest BCUT2D eigenvalue weighted by Gasteiger charge is -2.19. The number of anilines is 1. The van der Waals surface area contributed by atoms with Crippen molar-refractivity contribution in [3.63, 3.8) is 0 Å². The number of nitro groups is 1. The molecule has 0 aliphatic carbocycles. The first kappa shape index (κ1) is 19.6. The second kappa shape index (κ2) is 7.27. The Balaban J connectivity index is 2.28. The van der Waals surface area contributed by atoms with Crippen LogP contribution in [0, 0.1) is 17.0 Å². The minimum absolute atomic E-state index is 0.172. The van der Waals surface area contributed by atoms with Gasteiger partial charge in [0, 0.05) is 29.6 Å². The van der Waals surface area contributed by atoms with Crippen molar-refractivity contribution >= 4 is 11.4 Å². The highest BCUT2D eigenvalue weighted by atomic mass is 19.3. The minimum Gasteiger partial charge on any atom is -0.427 e. The van der Waals surface area contributed by atoms with Crippen LogP contribution in [0.3, 0.4) is 0 Å². The summed E-state index contributed by atoms with van der Waals surface area (Å²) in [6.07, 6.45) is 1.93. The summed E-state index contributed by atoms with van der Waals surface area (Å²) in [4.78, 5) is 10.2. The number of hydrogen-bond acceptors (Lipinski definition) is 5. The molecule has 1 aromatic carbocycles. The first-order chi connectivity index (χ1) is 12.0. The number of benzene rings is 1. The van der Waals surface area contributed by atoms with Gasteiger partial charge in [-0.15, -0.1) is 0 Å². The molecule has 2 aromatic rings. The second-order valence-corrected chi connectivity index (χ2v) is 6.97. The van der Waals surface area contributed by atoms with Crippen molar-refractivity contribution < 1.29 is 18.4 Å². The van der Waals surface area contributed by atoms with Gasteiger partial charge in [0.15, 0.2) is 0 Å². The van der Waals surface area contributed by atoms with Gasteiger partial charge >= 0.3 is 12.3 Å². The van der Waals surface area contributed by atoms with Gasteiger partial charge in [0.05, 0.1) is 22.2 Å². The normalized spacial score (nSPS) is 12.9. The Morgan fingerprint density at radius 3 is 2.50 bits per heavy atom. The Bertz CT molecular complexity index is 800. The molecule has 1 unspecified atom stereocenters.